The number of nitrogens with one attached hydrogen (secondary N) is 1. The summed E-state index contributed by atoms with van der Waals surface area (Å²) in [7, 11) is 0. The predicted octanol–water partition coefficient (Wildman–Crippen LogP) is 4.17. The Labute approximate surface area is 164 Å². The molecule has 142 valence electrons. The molecule has 3 aromatic carbocycles. The minimum absolute atomic E-state index is 0.0476. The molecular formula is C22H24ClNO3. The zero-order valence-corrected chi connectivity index (χ0v) is 15.9. The molecule has 3 rings (SSSR count). The third kappa shape index (κ3) is 5.68. The van der Waals surface area contributed by atoms with Gasteiger partial charge in [0.05, 0.1) is 19.8 Å². The molecule has 0 radical (unpaired) electrons. The number of halogens is 1. The quantitative estimate of drug-likeness (QED) is 0.514. The summed E-state index contributed by atoms with van der Waals surface area (Å²) in [6.07, 6.45) is 0. The maximum Gasteiger partial charge on any atom is 0.124 e. The van der Waals surface area contributed by atoms with Gasteiger partial charge >= 0.3 is 0 Å². The Morgan fingerprint density at radius 3 is 2.56 bits per heavy atom. The van der Waals surface area contributed by atoms with Crippen molar-refractivity contribution in [3.8, 4) is 5.75 Å². The first-order valence-electron chi connectivity index (χ1n) is 9.05. The summed E-state index contributed by atoms with van der Waals surface area (Å²) in [5, 5.41) is 15.2. The zero-order chi connectivity index (χ0) is 18.9. The standard InChI is InChI=1S/C22H24ClNO3/c23-19-8-5-17(6-9-19)16-27-22-10-7-18-3-1-2-4-20(18)21(22)15-24-11-13-26-14-12-25/h1-10,24-25H,11-16H2. The van der Waals surface area contributed by atoms with Crippen molar-refractivity contribution >= 4 is 22.4 Å². The van der Waals surface area contributed by atoms with E-state index in [1.54, 1.807) is 0 Å². The van der Waals surface area contributed by atoms with Gasteiger partial charge in [0.1, 0.15) is 12.4 Å². The Balaban J connectivity index is 1.71. The minimum atomic E-state index is 0.0476. The molecule has 0 unspecified atom stereocenters. The predicted molar refractivity (Wildman–Crippen MR) is 109 cm³/mol. The van der Waals surface area contributed by atoms with Crippen LogP contribution in [0.4, 0.5) is 0 Å². The largest absolute Gasteiger partial charge is 0.489 e. The molecule has 0 heterocycles. The van der Waals surface area contributed by atoms with E-state index in [1.807, 2.05) is 42.5 Å². The molecule has 2 N–H and O–H groups in total. The van der Waals surface area contributed by atoms with Crippen LogP contribution in [0.1, 0.15) is 11.1 Å². The van der Waals surface area contributed by atoms with E-state index in [0.717, 1.165) is 21.9 Å². The number of aliphatic hydroxyl groups excluding tert-OH is 1. The van der Waals surface area contributed by atoms with Crippen molar-refractivity contribution in [3.63, 3.8) is 0 Å². The number of benzene rings is 3. The van der Waals surface area contributed by atoms with Crippen LogP contribution in [0.5, 0.6) is 5.75 Å². The molecule has 4 nitrogen and oxygen atoms in total. The van der Waals surface area contributed by atoms with E-state index in [4.69, 9.17) is 26.2 Å². The molecule has 0 saturated carbocycles. The number of fused-ring (bicyclic) bond motifs is 1. The van der Waals surface area contributed by atoms with Crippen LogP contribution in [-0.4, -0.2) is 31.5 Å². The first kappa shape index (κ1) is 19.6. The monoisotopic (exact) mass is 385 g/mol. The molecule has 0 aliphatic rings. The van der Waals surface area contributed by atoms with Gasteiger partial charge in [-0.05, 0) is 34.5 Å². The van der Waals surface area contributed by atoms with Crippen molar-refractivity contribution in [2.24, 2.45) is 0 Å². The summed E-state index contributed by atoms with van der Waals surface area (Å²) in [6, 6.07) is 20.1. The van der Waals surface area contributed by atoms with Crippen molar-refractivity contribution in [2.45, 2.75) is 13.2 Å². The molecule has 0 aromatic heterocycles. The van der Waals surface area contributed by atoms with Crippen molar-refractivity contribution in [3.05, 3.63) is 76.8 Å². The Morgan fingerprint density at radius 2 is 1.74 bits per heavy atom. The first-order valence-corrected chi connectivity index (χ1v) is 9.43. The molecule has 0 aliphatic carbocycles. The SMILES string of the molecule is OCCOCCNCc1c(OCc2ccc(Cl)cc2)ccc2ccccc12. The van der Waals surface area contributed by atoms with E-state index in [2.05, 4.69) is 23.5 Å². The third-order valence-corrected chi connectivity index (χ3v) is 4.52. The van der Waals surface area contributed by atoms with Crippen molar-refractivity contribution in [1.29, 1.82) is 0 Å². The highest BCUT2D eigenvalue weighted by molar-refractivity contribution is 6.30. The highest BCUT2D eigenvalue weighted by Crippen LogP contribution is 2.29. The highest BCUT2D eigenvalue weighted by atomic mass is 35.5. The van der Waals surface area contributed by atoms with Gasteiger partial charge in [-0.25, -0.2) is 0 Å². The second-order valence-electron chi connectivity index (χ2n) is 6.19. The van der Waals surface area contributed by atoms with Crippen LogP contribution in [0.3, 0.4) is 0 Å². The smallest absolute Gasteiger partial charge is 0.124 e. The summed E-state index contributed by atoms with van der Waals surface area (Å²) < 4.78 is 11.4. The maximum atomic E-state index is 8.75. The van der Waals surface area contributed by atoms with Crippen LogP contribution >= 0.6 is 11.6 Å². The lowest BCUT2D eigenvalue weighted by Gasteiger charge is -2.15. The number of rotatable bonds is 10. The van der Waals surface area contributed by atoms with Crippen LogP contribution in [0.2, 0.25) is 5.02 Å². The van der Waals surface area contributed by atoms with Gasteiger partial charge in [0.2, 0.25) is 0 Å². The molecule has 0 saturated heterocycles. The molecule has 0 spiro atoms. The Kier molecular flexibility index (Phi) is 7.48. The summed E-state index contributed by atoms with van der Waals surface area (Å²) in [5.41, 5.74) is 2.20. The summed E-state index contributed by atoms with van der Waals surface area (Å²) in [5.74, 6) is 0.868. The summed E-state index contributed by atoms with van der Waals surface area (Å²) >= 11 is 5.95. The van der Waals surface area contributed by atoms with E-state index in [9.17, 15) is 0 Å². The average molecular weight is 386 g/mol. The molecule has 5 heteroatoms. The lowest BCUT2D eigenvalue weighted by atomic mass is 10.0. The maximum absolute atomic E-state index is 8.75. The number of ether oxygens (including phenoxy) is 2. The minimum Gasteiger partial charge on any atom is -0.489 e. The zero-order valence-electron chi connectivity index (χ0n) is 15.2. The van der Waals surface area contributed by atoms with Crippen LogP contribution in [-0.2, 0) is 17.9 Å². The van der Waals surface area contributed by atoms with Crippen LogP contribution in [0, 0.1) is 0 Å². The summed E-state index contributed by atoms with van der Waals surface area (Å²) in [6.45, 7) is 2.85. The molecule has 0 fully saturated rings. The molecule has 3 aromatic rings. The Morgan fingerprint density at radius 1 is 0.926 bits per heavy atom. The first-order chi connectivity index (χ1) is 13.3. The van der Waals surface area contributed by atoms with E-state index in [0.29, 0.717) is 32.9 Å². The fraction of sp³-hybridized carbons (Fsp3) is 0.273. The van der Waals surface area contributed by atoms with E-state index in [1.165, 1.54) is 10.8 Å². The van der Waals surface area contributed by atoms with Gasteiger partial charge in [-0.15, -0.1) is 0 Å². The molecule has 0 bridgehead atoms. The lowest BCUT2D eigenvalue weighted by Crippen LogP contribution is -2.20. The summed E-state index contributed by atoms with van der Waals surface area (Å²) in [4.78, 5) is 0. The van der Waals surface area contributed by atoms with E-state index < -0.39 is 0 Å². The van der Waals surface area contributed by atoms with Crippen molar-refractivity contribution in [1.82, 2.24) is 5.32 Å². The highest BCUT2D eigenvalue weighted by Gasteiger charge is 2.09. The van der Waals surface area contributed by atoms with Crippen LogP contribution < -0.4 is 10.1 Å². The van der Waals surface area contributed by atoms with Gasteiger partial charge in [-0.3, -0.25) is 0 Å². The van der Waals surface area contributed by atoms with Gasteiger partial charge in [0.15, 0.2) is 0 Å². The van der Waals surface area contributed by atoms with Gasteiger partial charge < -0.3 is 19.9 Å². The third-order valence-electron chi connectivity index (χ3n) is 4.27. The molecule has 0 atom stereocenters. The van der Waals surface area contributed by atoms with Gasteiger partial charge in [-0.2, -0.15) is 0 Å². The fourth-order valence-corrected chi connectivity index (χ4v) is 3.03. The van der Waals surface area contributed by atoms with Crippen molar-refractivity contribution < 1.29 is 14.6 Å². The van der Waals surface area contributed by atoms with Crippen LogP contribution in [0.15, 0.2) is 60.7 Å². The van der Waals surface area contributed by atoms with Gasteiger partial charge in [-0.1, -0.05) is 54.1 Å². The lowest BCUT2D eigenvalue weighted by molar-refractivity contribution is 0.0938. The second-order valence-corrected chi connectivity index (χ2v) is 6.63. The van der Waals surface area contributed by atoms with Crippen LogP contribution in [0.25, 0.3) is 10.8 Å². The number of hydrogen-bond donors (Lipinski definition) is 2. The Hall–Kier alpha value is -2.11. The molecule has 0 amide bonds. The molecule has 0 aliphatic heterocycles. The average Bonchev–Trinajstić information content (AvgIpc) is 2.70. The van der Waals surface area contributed by atoms with Crippen molar-refractivity contribution in [2.75, 3.05) is 26.4 Å². The second kappa shape index (κ2) is 10.3. The number of aliphatic hydroxyl groups is 1. The number of hydrogen-bond acceptors (Lipinski definition) is 4. The molecular weight excluding hydrogens is 362 g/mol. The van der Waals surface area contributed by atoms with E-state index >= 15 is 0 Å². The Bertz CT molecular complexity index is 852. The molecule has 27 heavy (non-hydrogen) atoms. The van der Waals surface area contributed by atoms with Gasteiger partial charge in [0, 0.05) is 23.7 Å². The topological polar surface area (TPSA) is 50.7 Å². The van der Waals surface area contributed by atoms with E-state index in [-0.39, 0.29) is 6.61 Å². The normalized spacial score (nSPS) is 11.0. The van der Waals surface area contributed by atoms with Gasteiger partial charge in [0.25, 0.3) is 0 Å². The fourth-order valence-electron chi connectivity index (χ4n) is 2.90.